The Labute approximate surface area is 102 Å². The molecule has 0 aliphatic carbocycles. The molecule has 0 aromatic heterocycles. The Kier molecular flexibility index (Phi) is 11.0. The molecule has 1 rings (SSSR count). The fraction of sp³-hybridized carbons (Fsp3) is 0.750. The van der Waals surface area contributed by atoms with Crippen LogP contribution < -0.4 is 0 Å². The summed E-state index contributed by atoms with van der Waals surface area (Å²) in [5.41, 5.74) is 0. The van der Waals surface area contributed by atoms with Crippen molar-refractivity contribution in [1.82, 2.24) is 0 Å². The fourth-order valence-electron chi connectivity index (χ4n) is 1.23. The summed E-state index contributed by atoms with van der Waals surface area (Å²) in [6.07, 6.45) is 4.77. The monoisotopic (exact) mass is 246 g/mol. The number of carbonyl (C=O) groups excluding carboxylic acids is 1. The molecule has 1 aliphatic heterocycles. The molecule has 0 radical (unpaired) electrons. The van der Waals surface area contributed by atoms with Gasteiger partial charge in [0.2, 0.25) is 0 Å². The maximum absolute atomic E-state index is 10.6. The van der Waals surface area contributed by atoms with Gasteiger partial charge in [-0.05, 0) is 25.7 Å². The zero-order valence-corrected chi connectivity index (χ0v) is 10.1. The summed E-state index contributed by atoms with van der Waals surface area (Å²) in [5, 5.41) is 16.2. The van der Waals surface area contributed by atoms with E-state index in [1.165, 1.54) is 0 Å². The fourth-order valence-corrected chi connectivity index (χ4v) is 1.23. The summed E-state index contributed by atoms with van der Waals surface area (Å²) in [6, 6.07) is 0. The largest absolute Gasteiger partial charge is 0.460 e. The van der Waals surface area contributed by atoms with Crippen LogP contribution in [0, 0.1) is 0 Å². The molecule has 5 heteroatoms. The Morgan fingerprint density at radius 2 is 2.06 bits per heavy atom. The third kappa shape index (κ3) is 9.99. The van der Waals surface area contributed by atoms with E-state index in [-0.39, 0.29) is 25.3 Å². The maximum atomic E-state index is 10.6. The molecule has 0 spiro atoms. The molecule has 1 unspecified atom stereocenters. The van der Waals surface area contributed by atoms with Crippen LogP contribution in [0.25, 0.3) is 0 Å². The zero-order valence-electron chi connectivity index (χ0n) is 10.1. The lowest BCUT2D eigenvalue weighted by molar-refractivity contribution is -0.140. The van der Waals surface area contributed by atoms with E-state index in [0.29, 0.717) is 6.61 Å². The highest BCUT2D eigenvalue weighted by Crippen LogP contribution is 2.11. The molecule has 1 atom stereocenters. The summed E-state index contributed by atoms with van der Waals surface area (Å²) in [6.45, 7) is 4.83. The van der Waals surface area contributed by atoms with E-state index >= 15 is 0 Å². The van der Waals surface area contributed by atoms with Gasteiger partial charge in [0.25, 0.3) is 0 Å². The first-order chi connectivity index (χ1) is 8.24. The van der Waals surface area contributed by atoms with Crippen molar-refractivity contribution in [2.45, 2.75) is 31.8 Å². The van der Waals surface area contributed by atoms with Gasteiger partial charge in [-0.1, -0.05) is 6.58 Å². The Hall–Kier alpha value is -0.910. The lowest BCUT2D eigenvalue weighted by Gasteiger charge is -2.07. The van der Waals surface area contributed by atoms with Crippen molar-refractivity contribution in [1.29, 1.82) is 0 Å². The molecule has 1 heterocycles. The van der Waals surface area contributed by atoms with Gasteiger partial charge >= 0.3 is 5.97 Å². The highest BCUT2D eigenvalue weighted by atomic mass is 16.6. The number of carbonyl (C=O) groups is 1. The minimum Gasteiger partial charge on any atom is -0.460 e. The molecule has 1 saturated heterocycles. The Morgan fingerprint density at radius 1 is 1.41 bits per heavy atom. The Balaban J connectivity index is 0.000000366. The molecule has 0 bridgehead atoms. The molecule has 0 aromatic carbocycles. The van der Waals surface area contributed by atoms with Gasteiger partial charge in [-0.25, -0.2) is 4.79 Å². The van der Waals surface area contributed by atoms with E-state index in [2.05, 4.69) is 6.58 Å². The second-order valence-corrected chi connectivity index (χ2v) is 3.62. The highest BCUT2D eigenvalue weighted by molar-refractivity contribution is 5.81. The van der Waals surface area contributed by atoms with Gasteiger partial charge in [-0.2, -0.15) is 0 Å². The topological polar surface area (TPSA) is 76.0 Å². The molecule has 100 valence electrons. The van der Waals surface area contributed by atoms with Crippen LogP contribution in [-0.4, -0.2) is 48.7 Å². The smallest absolute Gasteiger partial charge is 0.330 e. The number of rotatable bonds is 6. The molecular formula is C12H22O5. The van der Waals surface area contributed by atoms with Crippen molar-refractivity contribution in [2.75, 3.05) is 26.4 Å². The van der Waals surface area contributed by atoms with Crippen molar-refractivity contribution >= 4 is 5.97 Å². The predicted molar refractivity (Wildman–Crippen MR) is 63.5 cm³/mol. The van der Waals surface area contributed by atoms with Crippen molar-refractivity contribution in [2.24, 2.45) is 0 Å². The molecule has 1 aliphatic rings. The summed E-state index contributed by atoms with van der Waals surface area (Å²) in [4.78, 5) is 10.6. The van der Waals surface area contributed by atoms with Crippen molar-refractivity contribution in [3.63, 3.8) is 0 Å². The van der Waals surface area contributed by atoms with Crippen LogP contribution in [0.2, 0.25) is 0 Å². The van der Waals surface area contributed by atoms with Crippen molar-refractivity contribution < 1.29 is 24.5 Å². The number of unbranched alkanes of at least 4 members (excludes halogenated alkanes) is 1. The van der Waals surface area contributed by atoms with Gasteiger partial charge in [-0.3, -0.25) is 0 Å². The van der Waals surface area contributed by atoms with Crippen LogP contribution in [0.4, 0.5) is 0 Å². The molecule has 1 fully saturated rings. The second-order valence-electron chi connectivity index (χ2n) is 3.62. The van der Waals surface area contributed by atoms with E-state index in [0.717, 1.165) is 38.4 Å². The van der Waals surface area contributed by atoms with E-state index in [9.17, 15) is 4.79 Å². The second kappa shape index (κ2) is 11.6. The summed E-state index contributed by atoms with van der Waals surface area (Å²) >= 11 is 0. The number of hydrogen-bond acceptors (Lipinski definition) is 5. The molecular weight excluding hydrogens is 224 g/mol. The number of aliphatic hydroxyl groups is 2. The van der Waals surface area contributed by atoms with Crippen LogP contribution in [0.5, 0.6) is 0 Å². The minimum absolute atomic E-state index is 0.110. The third-order valence-corrected chi connectivity index (χ3v) is 2.17. The normalized spacial score (nSPS) is 18.1. The number of esters is 1. The molecule has 0 saturated carbocycles. The lowest BCUT2D eigenvalue weighted by Crippen LogP contribution is -2.16. The molecule has 2 N–H and O–H groups in total. The van der Waals surface area contributed by atoms with Crippen LogP contribution in [-0.2, 0) is 14.3 Å². The molecule has 5 nitrogen and oxygen atoms in total. The quantitative estimate of drug-likeness (QED) is 0.409. The zero-order chi connectivity index (χ0) is 12.9. The number of aliphatic hydroxyl groups excluding tert-OH is 2. The van der Waals surface area contributed by atoms with E-state index < -0.39 is 0 Å². The average molecular weight is 246 g/mol. The predicted octanol–water partition coefficient (Wildman–Crippen LogP) is 0.646. The Morgan fingerprint density at radius 3 is 2.47 bits per heavy atom. The third-order valence-electron chi connectivity index (χ3n) is 2.17. The summed E-state index contributed by atoms with van der Waals surface area (Å²) in [7, 11) is 0. The van der Waals surface area contributed by atoms with Crippen LogP contribution in [0.3, 0.4) is 0 Å². The minimum atomic E-state index is -0.375. The van der Waals surface area contributed by atoms with Gasteiger partial charge < -0.3 is 19.7 Å². The van der Waals surface area contributed by atoms with Gasteiger partial charge in [0.1, 0.15) is 6.61 Å². The van der Waals surface area contributed by atoms with Crippen molar-refractivity contribution in [3.05, 3.63) is 12.7 Å². The molecule has 0 aromatic rings. The summed E-state index contributed by atoms with van der Waals surface area (Å²) < 4.78 is 10.0. The first-order valence-corrected chi connectivity index (χ1v) is 5.87. The van der Waals surface area contributed by atoms with Crippen LogP contribution >= 0.6 is 0 Å². The standard InChI is InChI=1S/C8H12O3.C4H10O2/c1-2-8(9)11-6-7-4-3-5-10-7;5-3-1-2-4-6/h2,7H,1,3-6H2;5-6H,1-4H2. The maximum Gasteiger partial charge on any atom is 0.330 e. The number of ether oxygens (including phenoxy) is 2. The van der Waals surface area contributed by atoms with Gasteiger partial charge in [-0.15, -0.1) is 0 Å². The van der Waals surface area contributed by atoms with E-state index in [4.69, 9.17) is 19.7 Å². The first kappa shape index (κ1) is 16.1. The SMILES string of the molecule is C=CC(=O)OCC1CCCO1.OCCCCO. The molecule has 17 heavy (non-hydrogen) atoms. The summed E-state index contributed by atoms with van der Waals surface area (Å²) in [5.74, 6) is -0.375. The highest BCUT2D eigenvalue weighted by Gasteiger charge is 2.16. The molecule has 0 amide bonds. The Bertz CT molecular complexity index is 195. The van der Waals surface area contributed by atoms with Crippen LogP contribution in [0.15, 0.2) is 12.7 Å². The van der Waals surface area contributed by atoms with Crippen LogP contribution in [0.1, 0.15) is 25.7 Å². The van der Waals surface area contributed by atoms with Gasteiger partial charge in [0, 0.05) is 25.9 Å². The lowest BCUT2D eigenvalue weighted by atomic mass is 10.2. The van der Waals surface area contributed by atoms with Crippen molar-refractivity contribution in [3.8, 4) is 0 Å². The van der Waals surface area contributed by atoms with E-state index in [1.807, 2.05) is 0 Å². The average Bonchev–Trinajstić information content (AvgIpc) is 2.87. The van der Waals surface area contributed by atoms with E-state index in [1.54, 1.807) is 0 Å². The van der Waals surface area contributed by atoms with Gasteiger partial charge in [0.05, 0.1) is 6.10 Å². The number of hydrogen-bond donors (Lipinski definition) is 2. The first-order valence-electron chi connectivity index (χ1n) is 5.87. The van der Waals surface area contributed by atoms with Gasteiger partial charge in [0.15, 0.2) is 0 Å².